The van der Waals surface area contributed by atoms with Gasteiger partial charge in [0.25, 0.3) is 0 Å². The van der Waals surface area contributed by atoms with Crippen molar-refractivity contribution in [1.82, 2.24) is 5.01 Å². The van der Waals surface area contributed by atoms with Gasteiger partial charge in [0.15, 0.2) is 5.57 Å². The van der Waals surface area contributed by atoms with Crippen LogP contribution < -0.4 is 0 Å². The lowest BCUT2D eigenvalue weighted by molar-refractivity contribution is -0.138. The van der Waals surface area contributed by atoms with Crippen LogP contribution >= 0.6 is 0 Å². The van der Waals surface area contributed by atoms with Crippen molar-refractivity contribution < 1.29 is 9.53 Å². The van der Waals surface area contributed by atoms with Crippen molar-refractivity contribution in [3.63, 3.8) is 0 Å². The molecule has 0 saturated carbocycles. The Morgan fingerprint density at radius 1 is 1.15 bits per heavy atom. The molecule has 26 heavy (non-hydrogen) atoms. The molecule has 0 aromatic heterocycles. The van der Waals surface area contributed by atoms with E-state index in [4.69, 9.17) is 4.74 Å². The van der Waals surface area contributed by atoms with Gasteiger partial charge in [0, 0.05) is 12.7 Å². The van der Waals surface area contributed by atoms with Crippen LogP contribution in [-0.2, 0) is 16.0 Å². The first kappa shape index (κ1) is 18.9. The largest absolute Gasteiger partial charge is 0.462 e. The number of benzene rings is 2. The van der Waals surface area contributed by atoms with Crippen LogP contribution in [0.2, 0.25) is 0 Å². The van der Waals surface area contributed by atoms with Gasteiger partial charge in [-0.3, -0.25) is 5.01 Å². The quantitative estimate of drug-likeness (QED) is 0.241. The molecule has 5 heteroatoms. The highest BCUT2D eigenvalue weighted by atomic mass is 16.5. The minimum atomic E-state index is -0.644. The first-order chi connectivity index (χ1) is 12.7. The summed E-state index contributed by atoms with van der Waals surface area (Å²) in [6, 6.07) is 21.5. The van der Waals surface area contributed by atoms with Crippen LogP contribution in [0.5, 0.6) is 0 Å². The molecule has 0 atom stereocenters. The van der Waals surface area contributed by atoms with E-state index in [1.807, 2.05) is 66.7 Å². The highest BCUT2D eigenvalue weighted by Crippen LogP contribution is 2.06. The van der Waals surface area contributed by atoms with Gasteiger partial charge in [0.05, 0.1) is 12.8 Å². The van der Waals surface area contributed by atoms with E-state index in [0.29, 0.717) is 6.54 Å². The third-order valence-electron chi connectivity index (χ3n) is 3.52. The van der Waals surface area contributed by atoms with E-state index in [9.17, 15) is 10.1 Å². The van der Waals surface area contributed by atoms with E-state index < -0.39 is 5.97 Å². The van der Waals surface area contributed by atoms with Crippen molar-refractivity contribution in [2.75, 3.05) is 13.2 Å². The molecule has 0 saturated heterocycles. The molecule has 2 rings (SSSR count). The lowest BCUT2D eigenvalue weighted by Crippen LogP contribution is -2.17. The Morgan fingerprint density at radius 2 is 1.81 bits per heavy atom. The molecule has 0 spiro atoms. The summed E-state index contributed by atoms with van der Waals surface area (Å²) in [5, 5.41) is 15.2. The van der Waals surface area contributed by atoms with Gasteiger partial charge >= 0.3 is 5.97 Å². The molecule has 0 aliphatic carbocycles. The van der Waals surface area contributed by atoms with Gasteiger partial charge in [0.2, 0.25) is 0 Å². The second kappa shape index (κ2) is 10.5. The van der Waals surface area contributed by atoms with Gasteiger partial charge in [-0.1, -0.05) is 60.7 Å². The molecule has 132 valence electrons. The second-order valence-electron chi connectivity index (χ2n) is 5.43. The van der Waals surface area contributed by atoms with E-state index in [-0.39, 0.29) is 12.2 Å². The first-order valence-electron chi connectivity index (χ1n) is 8.41. The number of carbonyl (C=O) groups excluding carboxylic acids is 1. The van der Waals surface area contributed by atoms with Crippen LogP contribution in [0.4, 0.5) is 0 Å². The average Bonchev–Trinajstić information content (AvgIpc) is 2.69. The summed E-state index contributed by atoms with van der Waals surface area (Å²) in [5.74, 6) is -0.644. The molecule has 0 aliphatic rings. The Balaban J connectivity index is 2.18. The fourth-order valence-corrected chi connectivity index (χ4v) is 2.21. The van der Waals surface area contributed by atoms with E-state index in [1.165, 1.54) is 6.20 Å². The maximum absolute atomic E-state index is 11.9. The maximum atomic E-state index is 11.9. The Hall–Kier alpha value is -3.39. The minimum absolute atomic E-state index is 0.0786. The van der Waals surface area contributed by atoms with Crippen molar-refractivity contribution in [1.29, 1.82) is 5.26 Å². The Bertz CT molecular complexity index is 793. The standard InChI is InChI=1S/C21H21N3O2/c1-2-26-21(25)20(15-22)17-24(14-13-18-9-5-3-6-10-18)23-16-19-11-7-4-8-12-19/h3-12,16-17H,2,13-14H2,1H3/b20-17+,23-16+. The molecular weight excluding hydrogens is 326 g/mol. The Labute approximate surface area is 153 Å². The zero-order chi connectivity index (χ0) is 18.6. The fraction of sp³-hybridized carbons (Fsp3) is 0.190. The summed E-state index contributed by atoms with van der Waals surface area (Å²) in [4.78, 5) is 11.9. The molecule has 0 N–H and O–H groups in total. The van der Waals surface area contributed by atoms with Gasteiger partial charge in [0.1, 0.15) is 6.07 Å². The second-order valence-corrected chi connectivity index (χ2v) is 5.43. The smallest absolute Gasteiger partial charge is 0.350 e. The van der Waals surface area contributed by atoms with Crippen molar-refractivity contribution in [2.24, 2.45) is 5.10 Å². The number of hydrogen-bond acceptors (Lipinski definition) is 5. The fourth-order valence-electron chi connectivity index (χ4n) is 2.21. The molecule has 0 radical (unpaired) electrons. The summed E-state index contributed by atoms with van der Waals surface area (Å²) in [6.07, 6.45) is 3.85. The summed E-state index contributed by atoms with van der Waals surface area (Å²) >= 11 is 0. The van der Waals surface area contributed by atoms with Crippen molar-refractivity contribution in [3.8, 4) is 6.07 Å². The molecule has 0 amide bonds. The predicted molar refractivity (Wildman–Crippen MR) is 101 cm³/mol. The number of ether oxygens (including phenoxy) is 1. The van der Waals surface area contributed by atoms with Crippen LogP contribution in [0.3, 0.4) is 0 Å². The van der Waals surface area contributed by atoms with Gasteiger partial charge in [-0.15, -0.1) is 0 Å². The van der Waals surface area contributed by atoms with E-state index in [0.717, 1.165) is 17.5 Å². The van der Waals surface area contributed by atoms with Gasteiger partial charge in [-0.25, -0.2) is 4.79 Å². The minimum Gasteiger partial charge on any atom is -0.462 e. The molecule has 2 aromatic carbocycles. The van der Waals surface area contributed by atoms with E-state index >= 15 is 0 Å². The number of nitriles is 1. The lowest BCUT2D eigenvalue weighted by Gasteiger charge is -2.15. The summed E-state index contributed by atoms with van der Waals surface area (Å²) in [6.45, 7) is 2.45. The molecule has 0 heterocycles. The topological polar surface area (TPSA) is 65.7 Å². The summed E-state index contributed by atoms with van der Waals surface area (Å²) in [7, 11) is 0. The number of esters is 1. The van der Waals surface area contributed by atoms with Gasteiger partial charge in [-0.05, 0) is 24.5 Å². The number of carbonyl (C=O) groups is 1. The van der Waals surface area contributed by atoms with Crippen LogP contribution in [0.15, 0.2) is 77.5 Å². The summed E-state index contributed by atoms with van der Waals surface area (Å²) < 4.78 is 4.91. The molecule has 0 fully saturated rings. The molecule has 0 aliphatic heterocycles. The third-order valence-corrected chi connectivity index (χ3v) is 3.52. The van der Waals surface area contributed by atoms with Crippen molar-refractivity contribution in [2.45, 2.75) is 13.3 Å². The van der Waals surface area contributed by atoms with E-state index in [1.54, 1.807) is 18.1 Å². The normalized spacial score (nSPS) is 11.2. The number of rotatable bonds is 8. The molecule has 5 nitrogen and oxygen atoms in total. The monoisotopic (exact) mass is 347 g/mol. The number of hydrogen-bond donors (Lipinski definition) is 0. The molecule has 0 bridgehead atoms. The van der Waals surface area contributed by atoms with Crippen LogP contribution in [0.25, 0.3) is 0 Å². The number of hydrazone groups is 1. The van der Waals surface area contributed by atoms with E-state index in [2.05, 4.69) is 5.10 Å². The van der Waals surface area contributed by atoms with Crippen molar-refractivity contribution >= 4 is 12.2 Å². The van der Waals surface area contributed by atoms with Crippen LogP contribution in [0.1, 0.15) is 18.1 Å². The highest BCUT2D eigenvalue weighted by Gasteiger charge is 2.12. The van der Waals surface area contributed by atoms with Gasteiger partial charge < -0.3 is 4.74 Å². The third kappa shape index (κ3) is 6.25. The lowest BCUT2D eigenvalue weighted by atomic mass is 10.1. The molecule has 0 unspecified atom stereocenters. The van der Waals surface area contributed by atoms with Gasteiger partial charge in [-0.2, -0.15) is 10.4 Å². The molecule has 2 aromatic rings. The average molecular weight is 347 g/mol. The SMILES string of the molecule is CCOC(=O)/C(C#N)=C/N(CCc1ccccc1)/N=C/c1ccccc1. The zero-order valence-electron chi connectivity index (χ0n) is 14.7. The highest BCUT2D eigenvalue weighted by molar-refractivity contribution is 5.92. The Kier molecular flexibility index (Phi) is 7.63. The first-order valence-corrected chi connectivity index (χ1v) is 8.41. The summed E-state index contributed by atoms with van der Waals surface area (Å²) in [5.41, 5.74) is 2.00. The van der Waals surface area contributed by atoms with Crippen molar-refractivity contribution in [3.05, 3.63) is 83.6 Å². The Morgan fingerprint density at radius 3 is 2.42 bits per heavy atom. The predicted octanol–water partition coefficient (Wildman–Crippen LogP) is 3.54. The number of nitrogens with zero attached hydrogens (tertiary/aromatic N) is 3. The zero-order valence-corrected chi connectivity index (χ0v) is 14.7. The van der Waals surface area contributed by atoms with Crippen LogP contribution in [-0.4, -0.2) is 30.3 Å². The van der Waals surface area contributed by atoms with Crippen LogP contribution in [0, 0.1) is 11.3 Å². The molecular formula is C21H21N3O2. The maximum Gasteiger partial charge on any atom is 0.350 e.